The molecule has 0 atom stereocenters. The Morgan fingerprint density at radius 3 is 2.75 bits per heavy atom. The molecule has 0 unspecified atom stereocenters. The van der Waals surface area contributed by atoms with Gasteiger partial charge >= 0.3 is 0 Å². The van der Waals surface area contributed by atoms with Gasteiger partial charge in [-0.25, -0.2) is 4.98 Å². The second-order valence-electron chi connectivity index (χ2n) is 3.33. The largest absolute Gasteiger partial charge is 0.457 e. The summed E-state index contributed by atoms with van der Waals surface area (Å²) < 4.78 is 19.4. The van der Waals surface area contributed by atoms with E-state index >= 15 is 0 Å². The first-order chi connectivity index (χ1) is 7.65. The molecule has 1 aromatic carbocycles. The third kappa shape index (κ3) is 2.58. The molecule has 0 amide bonds. The normalized spacial score (nSPS) is 10.2. The summed E-state index contributed by atoms with van der Waals surface area (Å²) in [6, 6.07) is 8.51. The first kappa shape index (κ1) is 11.1. The smallest absolute Gasteiger partial charge is 0.216 e. The van der Waals surface area contributed by atoms with Crippen LogP contribution >= 0.6 is 15.9 Å². The van der Waals surface area contributed by atoms with Crippen LogP contribution in [-0.2, 0) is 0 Å². The monoisotopic (exact) mass is 281 g/mol. The number of nitrogens with zero attached hydrogens (tertiary/aromatic N) is 1. The van der Waals surface area contributed by atoms with E-state index in [1.807, 2.05) is 25.1 Å². The zero-order chi connectivity index (χ0) is 11.5. The van der Waals surface area contributed by atoms with Crippen LogP contribution in [0.5, 0.6) is 11.5 Å². The fourth-order valence-electron chi connectivity index (χ4n) is 1.30. The molecular weight excluding hydrogens is 273 g/mol. The van der Waals surface area contributed by atoms with Crippen LogP contribution < -0.4 is 4.74 Å². The molecule has 16 heavy (non-hydrogen) atoms. The molecule has 2 nitrogen and oxygen atoms in total. The number of halogens is 2. The van der Waals surface area contributed by atoms with Gasteiger partial charge in [0.2, 0.25) is 5.95 Å². The van der Waals surface area contributed by atoms with E-state index in [1.54, 1.807) is 6.07 Å². The molecule has 1 heterocycles. The zero-order valence-electron chi connectivity index (χ0n) is 8.58. The Bertz CT molecular complexity index is 516. The Hall–Kier alpha value is -1.42. The van der Waals surface area contributed by atoms with Crippen molar-refractivity contribution in [1.29, 1.82) is 0 Å². The van der Waals surface area contributed by atoms with Gasteiger partial charge in [0.05, 0.1) is 0 Å². The topological polar surface area (TPSA) is 22.1 Å². The van der Waals surface area contributed by atoms with Gasteiger partial charge in [-0.1, -0.05) is 15.9 Å². The molecule has 2 aromatic rings. The predicted octanol–water partition coefficient (Wildman–Crippen LogP) is 4.08. The maximum atomic E-state index is 12.8. The van der Waals surface area contributed by atoms with Crippen LogP contribution in [0.25, 0.3) is 0 Å². The maximum absolute atomic E-state index is 12.8. The Labute approximate surface area is 101 Å². The quantitative estimate of drug-likeness (QED) is 0.774. The third-order valence-corrected chi connectivity index (χ3v) is 2.56. The van der Waals surface area contributed by atoms with Crippen LogP contribution in [0.1, 0.15) is 5.56 Å². The van der Waals surface area contributed by atoms with E-state index in [1.165, 1.54) is 12.3 Å². The van der Waals surface area contributed by atoms with Gasteiger partial charge in [0.25, 0.3) is 0 Å². The minimum atomic E-state index is -0.549. The van der Waals surface area contributed by atoms with Crippen molar-refractivity contribution < 1.29 is 9.13 Å². The molecule has 0 bridgehead atoms. The highest BCUT2D eigenvalue weighted by Gasteiger charge is 2.03. The molecule has 0 radical (unpaired) electrons. The van der Waals surface area contributed by atoms with Crippen LogP contribution in [0.2, 0.25) is 0 Å². The van der Waals surface area contributed by atoms with Crippen molar-refractivity contribution in [2.45, 2.75) is 6.92 Å². The SMILES string of the molecule is Cc1cc(Br)ccc1Oc1ccnc(F)c1. The summed E-state index contributed by atoms with van der Waals surface area (Å²) in [5.74, 6) is 0.596. The number of pyridine rings is 1. The average molecular weight is 282 g/mol. The molecule has 0 aliphatic heterocycles. The van der Waals surface area contributed by atoms with Gasteiger partial charge < -0.3 is 4.74 Å². The molecule has 0 aliphatic rings. The zero-order valence-corrected chi connectivity index (χ0v) is 10.2. The van der Waals surface area contributed by atoms with Crippen LogP contribution in [0.15, 0.2) is 41.0 Å². The summed E-state index contributed by atoms with van der Waals surface area (Å²) in [7, 11) is 0. The highest BCUT2D eigenvalue weighted by Crippen LogP contribution is 2.27. The number of rotatable bonds is 2. The Morgan fingerprint density at radius 1 is 1.25 bits per heavy atom. The van der Waals surface area contributed by atoms with E-state index in [2.05, 4.69) is 20.9 Å². The summed E-state index contributed by atoms with van der Waals surface area (Å²) in [6.45, 7) is 1.93. The highest BCUT2D eigenvalue weighted by molar-refractivity contribution is 9.10. The Morgan fingerprint density at radius 2 is 2.06 bits per heavy atom. The summed E-state index contributed by atoms with van der Waals surface area (Å²) in [5, 5.41) is 0. The summed E-state index contributed by atoms with van der Waals surface area (Å²) in [6.07, 6.45) is 1.37. The van der Waals surface area contributed by atoms with E-state index in [0.29, 0.717) is 11.5 Å². The third-order valence-electron chi connectivity index (χ3n) is 2.06. The van der Waals surface area contributed by atoms with Crippen molar-refractivity contribution in [2.75, 3.05) is 0 Å². The van der Waals surface area contributed by atoms with Crippen molar-refractivity contribution in [3.05, 3.63) is 52.5 Å². The number of aromatic nitrogens is 1. The number of aryl methyl sites for hydroxylation is 1. The van der Waals surface area contributed by atoms with Gasteiger partial charge in [0.15, 0.2) is 0 Å². The number of ether oxygens (including phenoxy) is 1. The summed E-state index contributed by atoms with van der Waals surface area (Å²) >= 11 is 3.37. The minimum Gasteiger partial charge on any atom is -0.457 e. The van der Waals surface area contributed by atoms with Gasteiger partial charge in [-0.2, -0.15) is 4.39 Å². The van der Waals surface area contributed by atoms with Crippen molar-refractivity contribution in [1.82, 2.24) is 4.98 Å². The minimum absolute atomic E-state index is 0.443. The lowest BCUT2D eigenvalue weighted by Gasteiger charge is -2.08. The highest BCUT2D eigenvalue weighted by atomic mass is 79.9. The number of hydrogen-bond acceptors (Lipinski definition) is 2. The average Bonchev–Trinajstić information content (AvgIpc) is 2.22. The predicted molar refractivity (Wildman–Crippen MR) is 63.1 cm³/mol. The molecule has 1 aromatic heterocycles. The van der Waals surface area contributed by atoms with Gasteiger partial charge in [-0.3, -0.25) is 0 Å². The fraction of sp³-hybridized carbons (Fsp3) is 0.0833. The maximum Gasteiger partial charge on any atom is 0.216 e. The van der Waals surface area contributed by atoms with E-state index in [4.69, 9.17) is 4.74 Å². The van der Waals surface area contributed by atoms with Gasteiger partial charge in [0.1, 0.15) is 11.5 Å². The second-order valence-corrected chi connectivity index (χ2v) is 4.24. The van der Waals surface area contributed by atoms with Crippen LogP contribution in [0.4, 0.5) is 4.39 Å². The lowest BCUT2D eigenvalue weighted by molar-refractivity contribution is 0.468. The Balaban J connectivity index is 2.27. The van der Waals surface area contributed by atoms with Gasteiger partial charge in [0, 0.05) is 16.7 Å². The molecule has 0 saturated carbocycles. The lowest BCUT2D eigenvalue weighted by atomic mass is 10.2. The molecule has 0 spiro atoms. The molecule has 82 valence electrons. The van der Waals surface area contributed by atoms with Gasteiger partial charge in [-0.05, 0) is 36.8 Å². The van der Waals surface area contributed by atoms with Crippen molar-refractivity contribution in [3.8, 4) is 11.5 Å². The number of hydrogen-bond donors (Lipinski definition) is 0. The van der Waals surface area contributed by atoms with Crippen molar-refractivity contribution in [3.63, 3.8) is 0 Å². The number of benzene rings is 1. The van der Waals surface area contributed by atoms with Crippen molar-refractivity contribution >= 4 is 15.9 Å². The Kier molecular flexibility index (Phi) is 3.19. The van der Waals surface area contributed by atoms with Crippen LogP contribution in [0.3, 0.4) is 0 Å². The lowest BCUT2D eigenvalue weighted by Crippen LogP contribution is -1.89. The summed E-state index contributed by atoms with van der Waals surface area (Å²) in [5.41, 5.74) is 0.978. The standard InChI is InChI=1S/C12H9BrFNO/c1-8-6-9(13)2-3-11(8)16-10-4-5-15-12(14)7-10/h2-7H,1H3. The van der Waals surface area contributed by atoms with E-state index in [0.717, 1.165) is 10.0 Å². The molecule has 0 aliphatic carbocycles. The fourth-order valence-corrected chi connectivity index (χ4v) is 1.78. The first-order valence-corrected chi connectivity index (χ1v) is 5.50. The first-order valence-electron chi connectivity index (χ1n) is 4.71. The van der Waals surface area contributed by atoms with E-state index in [-0.39, 0.29) is 0 Å². The van der Waals surface area contributed by atoms with Gasteiger partial charge in [-0.15, -0.1) is 0 Å². The molecule has 4 heteroatoms. The summed E-state index contributed by atoms with van der Waals surface area (Å²) in [4.78, 5) is 3.46. The van der Waals surface area contributed by atoms with E-state index in [9.17, 15) is 4.39 Å². The van der Waals surface area contributed by atoms with Crippen molar-refractivity contribution in [2.24, 2.45) is 0 Å². The molecule has 0 saturated heterocycles. The van der Waals surface area contributed by atoms with E-state index < -0.39 is 5.95 Å². The van der Waals surface area contributed by atoms with Crippen LogP contribution in [-0.4, -0.2) is 4.98 Å². The second kappa shape index (κ2) is 4.61. The molecule has 0 N–H and O–H groups in total. The molecular formula is C12H9BrFNO. The molecule has 0 fully saturated rings. The molecule has 2 rings (SSSR count). The van der Waals surface area contributed by atoms with Crippen LogP contribution in [0, 0.1) is 12.9 Å².